The fourth-order valence-corrected chi connectivity index (χ4v) is 5.03. The third-order valence-corrected chi connectivity index (χ3v) is 6.71. The molecule has 0 atom stereocenters. The Labute approximate surface area is 171 Å². The Morgan fingerprint density at radius 1 is 1.22 bits per heavy atom. The molecule has 1 aliphatic rings. The number of hydrogen-bond acceptors (Lipinski definition) is 4. The molecule has 0 unspecified atom stereocenters. The summed E-state index contributed by atoms with van der Waals surface area (Å²) >= 11 is 3.71. The lowest BCUT2D eigenvalue weighted by Crippen LogP contribution is -2.48. The van der Waals surface area contributed by atoms with Crippen LogP contribution in [0.5, 0.6) is 0 Å². The van der Waals surface area contributed by atoms with Crippen molar-refractivity contribution >= 4 is 29.5 Å². The van der Waals surface area contributed by atoms with Crippen molar-refractivity contribution in [2.45, 2.75) is 43.7 Å². The highest BCUT2D eigenvalue weighted by Crippen LogP contribution is 2.34. The second-order valence-corrected chi connectivity index (χ2v) is 9.22. The van der Waals surface area contributed by atoms with Gasteiger partial charge in [-0.1, -0.05) is 13.0 Å². The highest BCUT2D eigenvalue weighted by atomic mass is 32.2. The molecule has 0 aliphatic carbocycles. The Balaban J connectivity index is 2.05. The zero-order valence-corrected chi connectivity index (χ0v) is 18.3. The summed E-state index contributed by atoms with van der Waals surface area (Å²) in [7, 11) is 0. The first-order chi connectivity index (χ1) is 13.1. The van der Waals surface area contributed by atoms with E-state index in [1.54, 1.807) is 17.8 Å². The van der Waals surface area contributed by atoms with Gasteiger partial charge in [-0.05, 0) is 55.0 Å². The minimum absolute atomic E-state index is 0.185. The lowest BCUT2D eigenvalue weighted by atomic mass is 9.99. The van der Waals surface area contributed by atoms with Crippen LogP contribution in [0.15, 0.2) is 23.2 Å². The van der Waals surface area contributed by atoms with Crippen LogP contribution < -0.4 is 10.6 Å². The molecule has 0 radical (unpaired) electrons. The minimum atomic E-state index is -0.185. The summed E-state index contributed by atoms with van der Waals surface area (Å²) < 4.78 is 19.3. The minimum Gasteiger partial charge on any atom is -0.381 e. The van der Waals surface area contributed by atoms with Gasteiger partial charge in [-0.3, -0.25) is 0 Å². The standard InChI is InChI=1S/C20H32FN3OS2/c1-4-22-19(24-15-20(27-5-2)8-10-25-11-9-20)23-13-16-6-7-18(21)12-17(16)14-26-3/h6-7,12H,4-5,8-11,13-15H2,1-3H3,(H2,22,23,24). The van der Waals surface area contributed by atoms with E-state index in [-0.39, 0.29) is 10.6 Å². The maximum atomic E-state index is 13.5. The number of aliphatic imine (C=N–C) groups is 1. The average Bonchev–Trinajstić information content (AvgIpc) is 2.66. The number of ether oxygens (including phenoxy) is 1. The number of benzene rings is 1. The Morgan fingerprint density at radius 2 is 2.00 bits per heavy atom. The molecule has 27 heavy (non-hydrogen) atoms. The number of halogens is 1. The summed E-state index contributed by atoms with van der Waals surface area (Å²) in [6, 6.07) is 4.99. The van der Waals surface area contributed by atoms with E-state index in [1.165, 1.54) is 6.07 Å². The Morgan fingerprint density at radius 3 is 2.67 bits per heavy atom. The van der Waals surface area contributed by atoms with E-state index in [0.29, 0.717) is 6.54 Å². The van der Waals surface area contributed by atoms with Crippen molar-refractivity contribution in [1.29, 1.82) is 0 Å². The van der Waals surface area contributed by atoms with Crippen molar-refractivity contribution in [2.75, 3.05) is 38.3 Å². The van der Waals surface area contributed by atoms with Crippen LogP contribution in [-0.2, 0) is 17.0 Å². The third-order valence-electron chi connectivity index (χ3n) is 4.65. The molecular formula is C20H32FN3OS2. The van der Waals surface area contributed by atoms with E-state index in [2.05, 4.69) is 24.5 Å². The molecule has 2 rings (SSSR count). The van der Waals surface area contributed by atoms with Gasteiger partial charge in [-0.15, -0.1) is 0 Å². The smallest absolute Gasteiger partial charge is 0.191 e. The lowest BCUT2D eigenvalue weighted by molar-refractivity contribution is 0.0782. The molecule has 0 aromatic heterocycles. The molecule has 0 saturated carbocycles. The molecule has 1 heterocycles. The molecular weight excluding hydrogens is 381 g/mol. The number of nitrogens with zero attached hydrogens (tertiary/aromatic N) is 1. The molecule has 1 aromatic rings. The summed E-state index contributed by atoms with van der Waals surface area (Å²) in [5, 5.41) is 6.87. The van der Waals surface area contributed by atoms with Crippen LogP contribution in [0.3, 0.4) is 0 Å². The van der Waals surface area contributed by atoms with Gasteiger partial charge in [0.1, 0.15) is 5.82 Å². The van der Waals surface area contributed by atoms with Crippen LogP contribution in [0, 0.1) is 5.82 Å². The SMILES string of the molecule is CCNC(=NCc1ccc(F)cc1CSC)NCC1(SCC)CCOCC1. The van der Waals surface area contributed by atoms with Crippen molar-refractivity contribution in [3.8, 4) is 0 Å². The van der Waals surface area contributed by atoms with Gasteiger partial charge in [0.25, 0.3) is 0 Å². The largest absolute Gasteiger partial charge is 0.381 e. The zero-order valence-electron chi connectivity index (χ0n) is 16.6. The normalized spacial score (nSPS) is 17.0. The van der Waals surface area contributed by atoms with Crippen molar-refractivity contribution in [1.82, 2.24) is 10.6 Å². The molecule has 1 saturated heterocycles. The van der Waals surface area contributed by atoms with E-state index < -0.39 is 0 Å². The van der Waals surface area contributed by atoms with Gasteiger partial charge in [0, 0.05) is 36.8 Å². The fraction of sp³-hybridized carbons (Fsp3) is 0.650. The molecule has 7 heteroatoms. The average molecular weight is 414 g/mol. The van der Waals surface area contributed by atoms with E-state index in [0.717, 1.165) is 67.7 Å². The second kappa shape index (κ2) is 11.8. The first-order valence-electron chi connectivity index (χ1n) is 9.62. The molecule has 1 fully saturated rings. The van der Waals surface area contributed by atoms with E-state index in [4.69, 9.17) is 9.73 Å². The first kappa shape index (κ1) is 22.4. The van der Waals surface area contributed by atoms with Gasteiger partial charge in [0.2, 0.25) is 0 Å². The maximum absolute atomic E-state index is 13.5. The fourth-order valence-electron chi connectivity index (χ4n) is 3.21. The van der Waals surface area contributed by atoms with Crippen LogP contribution in [0.4, 0.5) is 4.39 Å². The van der Waals surface area contributed by atoms with Gasteiger partial charge in [0.05, 0.1) is 6.54 Å². The topological polar surface area (TPSA) is 45.7 Å². The Bertz CT molecular complexity index is 601. The van der Waals surface area contributed by atoms with Gasteiger partial charge in [-0.2, -0.15) is 23.5 Å². The number of nitrogens with one attached hydrogen (secondary N) is 2. The molecule has 0 amide bonds. The predicted molar refractivity (Wildman–Crippen MR) is 117 cm³/mol. The number of thioether (sulfide) groups is 2. The van der Waals surface area contributed by atoms with Crippen LogP contribution in [0.1, 0.15) is 37.8 Å². The van der Waals surface area contributed by atoms with Gasteiger partial charge >= 0.3 is 0 Å². The summed E-state index contributed by atoms with van der Waals surface area (Å²) in [4.78, 5) is 4.75. The monoisotopic (exact) mass is 413 g/mol. The molecule has 1 aliphatic heterocycles. The molecule has 4 nitrogen and oxygen atoms in total. The molecule has 2 N–H and O–H groups in total. The van der Waals surface area contributed by atoms with Crippen molar-refractivity contribution in [3.63, 3.8) is 0 Å². The maximum Gasteiger partial charge on any atom is 0.191 e. The van der Waals surface area contributed by atoms with E-state index >= 15 is 0 Å². The van der Waals surface area contributed by atoms with E-state index in [9.17, 15) is 4.39 Å². The van der Waals surface area contributed by atoms with Crippen molar-refractivity contribution in [2.24, 2.45) is 4.99 Å². The summed E-state index contributed by atoms with van der Waals surface area (Å²) in [6.07, 6.45) is 4.16. The number of guanidine groups is 1. The quantitative estimate of drug-likeness (QED) is 0.472. The Hall–Kier alpha value is -0.920. The molecule has 152 valence electrons. The van der Waals surface area contributed by atoms with Crippen LogP contribution in [-0.4, -0.2) is 49.0 Å². The van der Waals surface area contributed by atoms with Gasteiger partial charge < -0.3 is 15.4 Å². The van der Waals surface area contributed by atoms with Crippen LogP contribution in [0.25, 0.3) is 0 Å². The highest BCUT2D eigenvalue weighted by molar-refractivity contribution is 8.00. The number of hydrogen-bond donors (Lipinski definition) is 2. The van der Waals surface area contributed by atoms with Crippen molar-refractivity contribution in [3.05, 3.63) is 35.1 Å². The van der Waals surface area contributed by atoms with Gasteiger partial charge in [-0.25, -0.2) is 9.38 Å². The summed E-state index contributed by atoms with van der Waals surface area (Å²) in [5.41, 5.74) is 2.09. The molecule has 1 aromatic carbocycles. The molecule has 0 spiro atoms. The summed E-state index contributed by atoms with van der Waals surface area (Å²) in [5.74, 6) is 2.53. The highest BCUT2D eigenvalue weighted by Gasteiger charge is 2.32. The van der Waals surface area contributed by atoms with Gasteiger partial charge in [0.15, 0.2) is 5.96 Å². The molecule has 0 bridgehead atoms. The zero-order chi connectivity index (χ0) is 19.5. The third kappa shape index (κ3) is 7.20. The number of rotatable bonds is 9. The van der Waals surface area contributed by atoms with Crippen LogP contribution in [0.2, 0.25) is 0 Å². The predicted octanol–water partition coefficient (Wildman–Crippen LogP) is 4.05. The second-order valence-electron chi connectivity index (χ2n) is 6.62. The van der Waals surface area contributed by atoms with Crippen molar-refractivity contribution < 1.29 is 9.13 Å². The van der Waals surface area contributed by atoms with Crippen LogP contribution >= 0.6 is 23.5 Å². The lowest BCUT2D eigenvalue weighted by Gasteiger charge is -2.37. The summed E-state index contributed by atoms with van der Waals surface area (Å²) in [6.45, 7) is 8.17. The first-order valence-corrected chi connectivity index (χ1v) is 12.0. The van der Waals surface area contributed by atoms with E-state index in [1.807, 2.05) is 24.1 Å². The Kier molecular flexibility index (Phi) is 9.79.